The van der Waals surface area contributed by atoms with Crippen molar-refractivity contribution in [2.24, 2.45) is 0 Å². The maximum Gasteiger partial charge on any atom is 0.0819 e. The summed E-state index contributed by atoms with van der Waals surface area (Å²) in [5, 5.41) is 2.98. The van der Waals surface area contributed by atoms with Gasteiger partial charge in [0.15, 0.2) is 0 Å². The quantitative estimate of drug-likeness (QED) is 0.466. The molecule has 0 bridgehead atoms. The smallest absolute Gasteiger partial charge is 0.0819 e. The minimum atomic E-state index is 0. The maximum atomic E-state index is 3.29. The van der Waals surface area contributed by atoms with Crippen LogP contribution >= 0.6 is 15.9 Å². The highest BCUT2D eigenvalue weighted by Crippen LogP contribution is 2.01. The molecule has 0 aromatic carbocycles. The van der Waals surface area contributed by atoms with E-state index in [2.05, 4.69) is 21.2 Å². The van der Waals surface area contributed by atoms with Gasteiger partial charge in [-0.1, -0.05) is 12.2 Å². The molecule has 0 atom stereocenters. The topological polar surface area (TPSA) is 12.0 Å². The van der Waals surface area contributed by atoms with Crippen molar-refractivity contribution < 1.29 is 4.70 Å². The molecule has 1 aliphatic heterocycles. The van der Waals surface area contributed by atoms with Crippen LogP contribution in [0.25, 0.3) is 0 Å². The summed E-state index contributed by atoms with van der Waals surface area (Å²) in [6.45, 7) is 0. The number of nitrogens with one attached hydrogen (secondary N) is 1. The molecule has 1 nitrogen and oxygen atoms in total. The van der Waals surface area contributed by atoms with E-state index in [1.807, 2.05) is 30.5 Å². The third kappa shape index (κ3) is 4.38. The number of hydrogen-bond acceptors (Lipinski definition) is 1. The Labute approximate surface area is 70.0 Å². The fraction of sp³-hybridized carbons (Fsp3) is 0. The van der Waals surface area contributed by atoms with Crippen LogP contribution in [0, 0.1) is 0 Å². The normalized spacial score (nSPS) is 13.5. The van der Waals surface area contributed by atoms with Crippen molar-refractivity contribution in [3.05, 3.63) is 35.1 Å². The Balaban J connectivity index is 0. The van der Waals surface area contributed by atoms with Crippen LogP contribution in [0.4, 0.5) is 4.70 Å². The predicted octanol–water partition coefficient (Wildman–Crippen LogP) is 1.67. The Hall–Kier alpha value is -0.505. The summed E-state index contributed by atoms with van der Waals surface area (Å²) in [4.78, 5) is 0. The lowest BCUT2D eigenvalue weighted by Crippen LogP contribution is -1.95. The van der Waals surface area contributed by atoms with Gasteiger partial charge in [-0.05, 0) is 28.1 Å². The van der Waals surface area contributed by atoms with Crippen molar-refractivity contribution in [2.45, 2.75) is 0 Å². The van der Waals surface area contributed by atoms with Crippen LogP contribution in [-0.2, 0) is 0 Å². The van der Waals surface area contributed by atoms with E-state index < -0.39 is 0 Å². The lowest BCUT2D eigenvalue weighted by atomic mass is 10.5. The van der Waals surface area contributed by atoms with E-state index in [0.717, 1.165) is 4.61 Å². The summed E-state index contributed by atoms with van der Waals surface area (Å²) in [5.74, 6) is 0. The van der Waals surface area contributed by atoms with Crippen LogP contribution in [0.15, 0.2) is 35.1 Å². The molecule has 1 rings (SSSR count). The van der Waals surface area contributed by atoms with Gasteiger partial charge >= 0.3 is 0 Å². The molecule has 1 aliphatic rings. The van der Waals surface area contributed by atoms with Gasteiger partial charge in [0.05, 0.1) is 4.61 Å². The summed E-state index contributed by atoms with van der Waals surface area (Å²) in [7, 11) is 0. The molecule has 0 saturated heterocycles. The minimum absolute atomic E-state index is 0. The van der Waals surface area contributed by atoms with Crippen molar-refractivity contribution in [3.8, 4) is 0 Å². The van der Waals surface area contributed by atoms with Crippen molar-refractivity contribution in [1.82, 2.24) is 5.32 Å². The highest BCUT2D eigenvalue weighted by atomic mass is 79.9. The molecule has 10 heavy (non-hydrogen) atoms. The predicted molar refractivity (Wildman–Crippen MR) is 46.7 cm³/mol. The summed E-state index contributed by atoms with van der Waals surface area (Å²) in [5.41, 5.74) is 0. The van der Waals surface area contributed by atoms with Gasteiger partial charge < -0.3 is 5.32 Å². The molecular formula is C6H7BBrFN. The summed E-state index contributed by atoms with van der Waals surface area (Å²) < 4.78 is 0.988. The average Bonchev–Trinajstić information content (AvgIpc) is 1.94. The van der Waals surface area contributed by atoms with E-state index in [0.29, 0.717) is 0 Å². The zero-order valence-electron chi connectivity index (χ0n) is 5.25. The SMILES string of the molecule is BrC1=CC=CC=CN1.F.[B]. The lowest BCUT2D eigenvalue weighted by molar-refractivity contribution is 1.11. The van der Waals surface area contributed by atoms with E-state index in [9.17, 15) is 0 Å². The summed E-state index contributed by atoms with van der Waals surface area (Å²) in [6.07, 6.45) is 9.66. The molecule has 0 aromatic heterocycles. The maximum absolute atomic E-state index is 3.29. The lowest BCUT2D eigenvalue weighted by Gasteiger charge is -1.90. The van der Waals surface area contributed by atoms with E-state index in [1.54, 1.807) is 0 Å². The number of hydrogen-bond donors (Lipinski definition) is 1. The summed E-state index contributed by atoms with van der Waals surface area (Å²) in [6, 6.07) is 0. The first kappa shape index (κ1) is 12.2. The summed E-state index contributed by atoms with van der Waals surface area (Å²) >= 11 is 3.29. The second-order valence-electron chi connectivity index (χ2n) is 1.40. The molecule has 0 spiro atoms. The molecule has 53 valence electrons. The fourth-order valence-corrected chi connectivity index (χ4v) is 0.720. The average molecular weight is 203 g/mol. The third-order valence-electron chi connectivity index (χ3n) is 0.782. The molecule has 0 unspecified atom stereocenters. The van der Waals surface area contributed by atoms with Gasteiger partial charge in [0.2, 0.25) is 0 Å². The first-order chi connectivity index (χ1) is 3.89. The Kier molecular flexibility index (Phi) is 8.07. The van der Waals surface area contributed by atoms with Crippen molar-refractivity contribution in [1.29, 1.82) is 0 Å². The molecule has 0 aliphatic carbocycles. The molecule has 1 heterocycles. The van der Waals surface area contributed by atoms with Gasteiger partial charge in [-0.25, -0.2) is 0 Å². The second kappa shape index (κ2) is 6.61. The molecular weight excluding hydrogens is 196 g/mol. The standard InChI is InChI=1S/C6H6BrN.B.FH/c7-6-4-2-1-3-5-8-6;;/h1-5,8H;;1H. The molecule has 3 radical (unpaired) electrons. The monoisotopic (exact) mass is 202 g/mol. The Bertz CT molecular complexity index is 165. The van der Waals surface area contributed by atoms with E-state index in [4.69, 9.17) is 0 Å². The first-order valence-corrected chi connectivity index (χ1v) is 3.14. The highest BCUT2D eigenvalue weighted by Gasteiger charge is 1.82. The highest BCUT2D eigenvalue weighted by molar-refractivity contribution is 9.11. The van der Waals surface area contributed by atoms with Crippen LogP contribution in [0.5, 0.6) is 0 Å². The molecule has 0 saturated carbocycles. The van der Waals surface area contributed by atoms with Gasteiger partial charge in [0.1, 0.15) is 0 Å². The Morgan fingerprint density at radius 1 is 1.20 bits per heavy atom. The number of halogens is 2. The minimum Gasteiger partial charge on any atom is -0.356 e. The Morgan fingerprint density at radius 2 is 1.90 bits per heavy atom. The number of rotatable bonds is 0. The van der Waals surface area contributed by atoms with Gasteiger partial charge in [0.25, 0.3) is 0 Å². The fourth-order valence-electron chi connectivity index (χ4n) is 0.436. The van der Waals surface area contributed by atoms with Gasteiger partial charge in [0, 0.05) is 14.6 Å². The van der Waals surface area contributed by atoms with Crippen LogP contribution < -0.4 is 5.32 Å². The number of allylic oxidation sites excluding steroid dienone is 4. The Morgan fingerprint density at radius 3 is 2.60 bits per heavy atom. The van der Waals surface area contributed by atoms with E-state index in [1.165, 1.54) is 0 Å². The van der Waals surface area contributed by atoms with Gasteiger partial charge in [-0.3, -0.25) is 4.70 Å². The van der Waals surface area contributed by atoms with E-state index in [-0.39, 0.29) is 13.1 Å². The molecule has 0 fully saturated rings. The second-order valence-corrected chi connectivity index (χ2v) is 2.26. The zero-order chi connectivity index (χ0) is 5.82. The van der Waals surface area contributed by atoms with Crippen molar-refractivity contribution in [2.75, 3.05) is 0 Å². The largest absolute Gasteiger partial charge is 0.356 e. The molecule has 0 aromatic rings. The molecule has 4 heteroatoms. The van der Waals surface area contributed by atoms with Crippen LogP contribution in [0.2, 0.25) is 0 Å². The van der Waals surface area contributed by atoms with Crippen molar-refractivity contribution in [3.63, 3.8) is 0 Å². The van der Waals surface area contributed by atoms with E-state index >= 15 is 0 Å². The zero-order valence-corrected chi connectivity index (χ0v) is 6.84. The third-order valence-corrected chi connectivity index (χ3v) is 1.28. The van der Waals surface area contributed by atoms with Crippen LogP contribution in [0.1, 0.15) is 0 Å². The molecule has 0 amide bonds. The first-order valence-electron chi connectivity index (χ1n) is 2.35. The van der Waals surface area contributed by atoms with Crippen molar-refractivity contribution >= 4 is 24.3 Å². The van der Waals surface area contributed by atoms with Crippen LogP contribution in [-0.4, -0.2) is 8.41 Å². The van der Waals surface area contributed by atoms with Crippen LogP contribution in [0.3, 0.4) is 0 Å². The molecule has 1 N–H and O–H groups in total. The van der Waals surface area contributed by atoms with Gasteiger partial charge in [-0.15, -0.1) is 0 Å². The van der Waals surface area contributed by atoms with Gasteiger partial charge in [-0.2, -0.15) is 0 Å².